The molecule has 30 heavy (non-hydrogen) atoms. The number of hydrogen-bond acceptors (Lipinski definition) is 4. The van der Waals surface area contributed by atoms with E-state index >= 15 is 0 Å². The van der Waals surface area contributed by atoms with Crippen LogP contribution in [0.3, 0.4) is 0 Å². The second-order valence-electron chi connectivity index (χ2n) is 7.64. The van der Waals surface area contributed by atoms with Crippen molar-refractivity contribution in [1.82, 2.24) is 9.62 Å². The summed E-state index contributed by atoms with van der Waals surface area (Å²) < 4.78 is 28.5. The first-order valence-electron chi connectivity index (χ1n) is 9.89. The largest absolute Gasteiger partial charge is 0.392 e. The van der Waals surface area contributed by atoms with E-state index in [0.717, 1.165) is 21.9 Å². The Bertz CT molecular complexity index is 1190. The highest BCUT2D eigenvalue weighted by molar-refractivity contribution is 7.89. The molecule has 1 aliphatic heterocycles. The first-order chi connectivity index (χ1) is 14.4. The number of carbonyl (C=O) groups excluding carboxylic acids is 1. The third-order valence-corrected chi connectivity index (χ3v) is 7.26. The Morgan fingerprint density at radius 3 is 2.47 bits per heavy atom. The summed E-state index contributed by atoms with van der Waals surface area (Å²) >= 11 is 0. The smallest absolute Gasteiger partial charge is 0.244 e. The second kappa shape index (κ2) is 8.18. The number of aliphatic hydroxyl groups is 1. The van der Waals surface area contributed by atoms with E-state index in [2.05, 4.69) is 5.32 Å². The minimum atomic E-state index is -3.92. The molecular weight excluding hydrogens is 400 g/mol. The molecule has 0 aliphatic carbocycles. The van der Waals surface area contributed by atoms with Crippen molar-refractivity contribution in [1.29, 1.82) is 0 Å². The van der Waals surface area contributed by atoms with Crippen LogP contribution in [-0.4, -0.2) is 42.4 Å². The molecule has 6 nitrogen and oxygen atoms in total. The number of carbonyl (C=O) groups is 1. The third kappa shape index (κ3) is 3.96. The van der Waals surface area contributed by atoms with Gasteiger partial charge in [-0.25, -0.2) is 8.42 Å². The lowest BCUT2D eigenvalue weighted by atomic mass is 9.95. The predicted octanol–water partition coefficient (Wildman–Crippen LogP) is 2.45. The van der Waals surface area contributed by atoms with Gasteiger partial charge in [0.1, 0.15) is 6.04 Å². The average Bonchev–Trinajstić information content (AvgIpc) is 2.76. The number of aliphatic hydroxyl groups excluding tert-OH is 1. The molecule has 0 saturated heterocycles. The molecule has 7 heteroatoms. The summed E-state index contributed by atoms with van der Waals surface area (Å²) in [5, 5.41) is 14.0. The minimum absolute atomic E-state index is 0.0703. The van der Waals surface area contributed by atoms with Crippen molar-refractivity contribution in [2.45, 2.75) is 36.9 Å². The number of rotatable bonds is 5. The molecule has 3 aromatic carbocycles. The van der Waals surface area contributed by atoms with Crippen LogP contribution in [0.1, 0.15) is 18.1 Å². The van der Waals surface area contributed by atoms with E-state index < -0.39 is 28.1 Å². The van der Waals surface area contributed by atoms with Gasteiger partial charge in [0.05, 0.1) is 11.0 Å². The van der Waals surface area contributed by atoms with Crippen LogP contribution in [0.25, 0.3) is 10.8 Å². The van der Waals surface area contributed by atoms with Crippen molar-refractivity contribution in [3.05, 3.63) is 77.9 Å². The van der Waals surface area contributed by atoms with Gasteiger partial charge in [-0.3, -0.25) is 4.79 Å². The fourth-order valence-electron chi connectivity index (χ4n) is 3.80. The zero-order valence-electron chi connectivity index (χ0n) is 16.7. The van der Waals surface area contributed by atoms with Gasteiger partial charge in [-0.2, -0.15) is 4.31 Å². The van der Waals surface area contributed by atoms with Crippen molar-refractivity contribution in [2.75, 3.05) is 6.54 Å². The Hall–Kier alpha value is -2.74. The predicted molar refractivity (Wildman–Crippen MR) is 115 cm³/mol. The molecule has 0 radical (unpaired) electrons. The fourth-order valence-corrected chi connectivity index (χ4v) is 5.41. The zero-order valence-corrected chi connectivity index (χ0v) is 17.5. The molecule has 0 bridgehead atoms. The number of hydrogen-bond donors (Lipinski definition) is 2. The number of amides is 1. The molecule has 2 atom stereocenters. The zero-order chi connectivity index (χ0) is 21.3. The molecular formula is C23H24N2O4S. The summed E-state index contributed by atoms with van der Waals surface area (Å²) in [6.07, 6.45) is -0.426. The van der Waals surface area contributed by atoms with E-state index in [1.165, 1.54) is 4.31 Å². The SMILES string of the molecule is CC(O)CNC(=O)C1Cc2ccccc2CN1S(=O)(=O)c1ccc2ccccc2c1. The van der Waals surface area contributed by atoms with Crippen molar-refractivity contribution in [2.24, 2.45) is 0 Å². The standard InChI is InChI=1S/C23H24N2O4S/c1-16(26)14-24-23(27)22-13-19-8-4-5-9-20(19)15-25(22)30(28,29)21-11-10-17-6-2-3-7-18(17)12-21/h2-12,16,22,26H,13-15H2,1H3,(H,24,27). The molecule has 0 fully saturated rings. The van der Waals surface area contributed by atoms with Crippen molar-refractivity contribution in [3.8, 4) is 0 Å². The second-order valence-corrected chi connectivity index (χ2v) is 9.53. The highest BCUT2D eigenvalue weighted by Gasteiger charge is 2.39. The van der Waals surface area contributed by atoms with Crippen molar-refractivity contribution in [3.63, 3.8) is 0 Å². The molecule has 3 aromatic rings. The summed E-state index contributed by atoms with van der Waals surface area (Å²) in [6, 6.07) is 19.3. The number of nitrogens with zero attached hydrogens (tertiary/aromatic N) is 1. The Balaban J connectivity index is 1.74. The molecule has 1 aliphatic rings. The van der Waals surface area contributed by atoms with E-state index in [-0.39, 0.29) is 24.4 Å². The number of sulfonamides is 1. The van der Waals surface area contributed by atoms with Crippen LogP contribution in [0.2, 0.25) is 0 Å². The minimum Gasteiger partial charge on any atom is -0.392 e. The van der Waals surface area contributed by atoms with Crippen molar-refractivity contribution < 1.29 is 18.3 Å². The Labute approximate surface area is 176 Å². The van der Waals surface area contributed by atoms with Crippen LogP contribution in [0.15, 0.2) is 71.6 Å². The van der Waals surface area contributed by atoms with Crippen molar-refractivity contribution >= 4 is 26.7 Å². The first-order valence-corrected chi connectivity index (χ1v) is 11.3. The van der Waals surface area contributed by atoms with Crippen LogP contribution < -0.4 is 5.32 Å². The van der Waals surface area contributed by atoms with Gasteiger partial charge >= 0.3 is 0 Å². The molecule has 156 valence electrons. The molecule has 0 spiro atoms. The lowest BCUT2D eigenvalue weighted by Gasteiger charge is -2.35. The molecule has 1 amide bonds. The van der Waals surface area contributed by atoms with Gasteiger partial charge in [0.25, 0.3) is 0 Å². The lowest BCUT2D eigenvalue weighted by Crippen LogP contribution is -2.53. The van der Waals surface area contributed by atoms with Gasteiger partial charge in [-0.1, -0.05) is 54.6 Å². The molecule has 2 unspecified atom stereocenters. The topological polar surface area (TPSA) is 86.7 Å². The molecule has 0 aromatic heterocycles. The van der Waals surface area contributed by atoms with Crippen LogP contribution in [0.4, 0.5) is 0 Å². The number of benzene rings is 3. The monoisotopic (exact) mass is 424 g/mol. The summed E-state index contributed by atoms with van der Waals surface area (Å²) in [5.41, 5.74) is 1.85. The number of nitrogens with one attached hydrogen (secondary N) is 1. The Morgan fingerprint density at radius 1 is 1.07 bits per heavy atom. The maximum absolute atomic E-state index is 13.6. The van der Waals surface area contributed by atoms with Gasteiger partial charge in [0.2, 0.25) is 15.9 Å². The Kier molecular flexibility index (Phi) is 5.60. The Morgan fingerprint density at radius 2 is 1.73 bits per heavy atom. The van der Waals surface area contributed by atoms with Crippen LogP contribution in [-0.2, 0) is 27.8 Å². The lowest BCUT2D eigenvalue weighted by molar-refractivity contribution is -0.125. The average molecular weight is 425 g/mol. The van der Waals surface area contributed by atoms with E-state index in [4.69, 9.17) is 0 Å². The van der Waals surface area contributed by atoms with E-state index in [1.807, 2.05) is 48.5 Å². The molecule has 4 rings (SSSR count). The summed E-state index contributed by atoms with van der Waals surface area (Å²) in [7, 11) is -3.92. The summed E-state index contributed by atoms with van der Waals surface area (Å²) in [4.78, 5) is 13.0. The quantitative estimate of drug-likeness (QED) is 0.659. The highest BCUT2D eigenvalue weighted by Crippen LogP contribution is 2.30. The third-order valence-electron chi connectivity index (χ3n) is 5.41. The fraction of sp³-hybridized carbons (Fsp3) is 0.261. The van der Waals surface area contributed by atoms with E-state index in [9.17, 15) is 18.3 Å². The number of fused-ring (bicyclic) bond motifs is 2. The van der Waals surface area contributed by atoms with Gasteiger partial charge < -0.3 is 10.4 Å². The molecule has 2 N–H and O–H groups in total. The first kappa shape index (κ1) is 20.5. The highest BCUT2D eigenvalue weighted by atomic mass is 32.2. The van der Waals surface area contributed by atoms with Gasteiger partial charge in [0.15, 0.2) is 0 Å². The van der Waals surface area contributed by atoms with Gasteiger partial charge in [-0.05, 0) is 47.4 Å². The van der Waals surface area contributed by atoms with Crippen LogP contribution in [0, 0.1) is 0 Å². The maximum Gasteiger partial charge on any atom is 0.244 e. The summed E-state index contributed by atoms with van der Waals surface area (Å²) in [5.74, 6) is -0.408. The normalized spacial score (nSPS) is 18.0. The summed E-state index contributed by atoms with van der Waals surface area (Å²) in [6.45, 7) is 1.76. The molecule has 1 heterocycles. The maximum atomic E-state index is 13.6. The van der Waals surface area contributed by atoms with E-state index in [0.29, 0.717) is 0 Å². The van der Waals surface area contributed by atoms with Gasteiger partial charge in [-0.15, -0.1) is 0 Å². The van der Waals surface area contributed by atoms with Crippen LogP contribution >= 0.6 is 0 Å². The molecule has 0 saturated carbocycles. The van der Waals surface area contributed by atoms with E-state index in [1.54, 1.807) is 25.1 Å². The van der Waals surface area contributed by atoms with Crippen LogP contribution in [0.5, 0.6) is 0 Å². The van der Waals surface area contributed by atoms with Gasteiger partial charge in [0, 0.05) is 13.1 Å².